The molecule has 5 heteroatoms. The summed E-state index contributed by atoms with van der Waals surface area (Å²) in [6.07, 6.45) is 0.0705. The predicted molar refractivity (Wildman–Crippen MR) is 30.2 cm³/mol. The highest BCUT2D eigenvalue weighted by Crippen LogP contribution is 1.91. The van der Waals surface area contributed by atoms with Gasteiger partial charge in [-0.3, -0.25) is 9.63 Å². The van der Waals surface area contributed by atoms with Crippen LogP contribution in [-0.2, 0) is 19.2 Å². The molecule has 0 amide bonds. The number of carbonyl (C=O) groups is 2. The third-order valence-corrected chi connectivity index (χ3v) is 0.922. The van der Waals surface area contributed by atoms with Crippen molar-refractivity contribution in [2.24, 2.45) is 0 Å². The van der Waals surface area contributed by atoms with E-state index in [1.54, 1.807) is 0 Å². The first kappa shape index (κ1) is 8.90. The van der Waals surface area contributed by atoms with Crippen molar-refractivity contribution >= 4 is 11.9 Å². The Labute approximate surface area is 58.0 Å². The second kappa shape index (κ2) is 4.75. The van der Waals surface area contributed by atoms with Crippen LogP contribution >= 0.6 is 0 Å². The number of esters is 1. The number of ether oxygens (including phenoxy) is 1. The lowest BCUT2D eigenvalue weighted by atomic mass is 10.3. The number of quaternary nitrogens is 1. The molecular weight excluding hydrogens is 138 g/mol. The van der Waals surface area contributed by atoms with E-state index in [-0.39, 0.29) is 12.8 Å². The molecule has 3 N–H and O–H groups in total. The SMILES string of the molecule is COC(=O)CCC(=O)O[NH3+]. The molecule has 10 heavy (non-hydrogen) atoms. The molecule has 0 aromatic carbocycles. The molecule has 0 heterocycles. The van der Waals surface area contributed by atoms with Crippen LogP contribution in [0, 0.1) is 0 Å². The molecule has 0 bridgehead atoms. The zero-order valence-electron chi connectivity index (χ0n) is 5.75. The fourth-order valence-corrected chi connectivity index (χ4v) is 0.378. The smallest absolute Gasteiger partial charge is 0.366 e. The molecule has 58 valence electrons. The summed E-state index contributed by atoms with van der Waals surface area (Å²) in [5.41, 5.74) is 0. The van der Waals surface area contributed by atoms with E-state index >= 15 is 0 Å². The van der Waals surface area contributed by atoms with Gasteiger partial charge >= 0.3 is 11.9 Å². The van der Waals surface area contributed by atoms with Crippen LogP contribution in [0.1, 0.15) is 12.8 Å². The standard InChI is InChI=1S/C5H10NO4/c1-9-4(7)2-3-5(8)10-6/h2-3H2,1,6H3/q+1. The topological polar surface area (TPSA) is 80.2 Å². The van der Waals surface area contributed by atoms with E-state index < -0.39 is 11.9 Å². The van der Waals surface area contributed by atoms with E-state index in [0.717, 1.165) is 0 Å². The Balaban J connectivity index is 3.35. The molecule has 0 spiro atoms. The van der Waals surface area contributed by atoms with Gasteiger partial charge in [0.15, 0.2) is 0 Å². The molecule has 5 nitrogen and oxygen atoms in total. The van der Waals surface area contributed by atoms with Gasteiger partial charge in [0.05, 0.1) is 20.0 Å². The zero-order chi connectivity index (χ0) is 7.98. The minimum absolute atomic E-state index is 0.0240. The van der Waals surface area contributed by atoms with Gasteiger partial charge in [0.2, 0.25) is 0 Å². The number of hydrogen-bond donors (Lipinski definition) is 1. The normalized spacial score (nSPS) is 8.60. The second-order valence-electron chi connectivity index (χ2n) is 1.59. The summed E-state index contributed by atoms with van der Waals surface area (Å²) >= 11 is 0. The summed E-state index contributed by atoms with van der Waals surface area (Å²) in [7, 11) is 1.26. The van der Waals surface area contributed by atoms with Gasteiger partial charge in [-0.05, 0) is 0 Å². The van der Waals surface area contributed by atoms with E-state index in [0.29, 0.717) is 0 Å². The minimum Gasteiger partial charge on any atom is -0.469 e. The van der Waals surface area contributed by atoms with Crippen LogP contribution in [0.5, 0.6) is 0 Å². The first-order valence-corrected chi connectivity index (χ1v) is 2.72. The van der Waals surface area contributed by atoms with E-state index in [9.17, 15) is 9.59 Å². The Kier molecular flexibility index (Phi) is 4.23. The van der Waals surface area contributed by atoms with Gasteiger partial charge in [-0.2, -0.15) is 5.90 Å². The van der Waals surface area contributed by atoms with Crippen LogP contribution in [0.4, 0.5) is 0 Å². The molecule has 0 saturated heterocycles. The summed E-state index contributed by atoms with van der Waals surface area (Å²) in [6, 6.07) is 0. The number of rotatable bonds is 3. The van der Waals surface area contributed by atoms with Crippen LogP contribution in [0.25, 0.3) is 0 Å². The maximum atomic E-state index is 10.4. The van der Waals surface area contributed by atoms with Crippen molar-refractivity contribution in [1.29, 1.82) is 0 Å². The summed E-state index contributed by atoms with van der Waals surface area (Å²) in [5.74, 6) is 1.95. The first-order chi connectivity index (χ1) is 4.70. The fourth-order valence-electron chi connectivity index (χ4n) is 0.378. The van der Waals surface area contributed by atoms with Crippen molar-refractivity contribution in [2.45, 2.75) is 12.8 Å². The predicted octanol–water partition coefficient (Wildman–Crippen LogP) is -1.36. The molecule has 0 fully saturated rings. The van der Waals surface area contributed by atoms with Crippen LogP contribution in [0.2, 0.25) is 0 Å². The average molecular weight is 148 g/mol. The van der Waals surface area contributed by atoms with Crippen molar-refractivity contribution in [3.63, 3.8) is 0 Å². The van der Waals surface area contributed by atoms with Gasteiger partial charge in [-0.15, -0.1) is 0 Å². The Morgan fingerprint density at radius 3 is 2.20 bits per heavy atom. The Hall–Kier alpha value is -1.10. The van der Waals surface area contributed by atoms with Gasteiger partial charge in [0.25, 0.3) is 0 Å². The molecule has 0 saturated carbocycles. The molecule has 0 aromatic rings. The number of hydrogen-bond acceptors (Lipinski definition) is 4. The fraction of sp³-hybridized carbons (Fsp3) is 0.600. The summed E-state index contributed by atoms with van der Waals surface area (Å²) in [5, 5.41) is 0. The molecule has 0 radical (unpaired) electrons. The summed E-state index contributed by atoms with van der Waals surface area (Å²) < 4.78 is 4.28. The van der Waals surface area contributed by atoms with Crippen molar-refractivity contribution in [2.75, 3.05) is 7.11 Å². The highest BCUT2D eigenvalue weighted by Gasteiger charge is 2.07. The van der Waals surface area contributed by atoms with Gasteiger partial charge in [-0.25, -0.2) is 4.79 Å². The number of carbonyl (C=O) groups excluding carboxylic acids is 2. The Morgan fingerprint density at radius 2 is 1.80 bits per heavy atom. The highest BCUT2D eigenvalue weighted by molar-refractivity contribution is 5.77. The van der Waals surface area contributed by atoms with Crippen LogP contribution in [-0.4, -0.2) is 19.0 Å². The lowest BCUT2D eigenvalue weighted by molar-refractivity contribution is -0.657. The third kappa shape index (κ3) is 3.85. The van der Waals surface area contributed by atoms with Crippen molar-refractivity contribution < 1.29 is 25.1 Å². The van der Waals surface area contributed by atoms with Crippen LogP contribution in [0.15, 0.2) is 0 Å². The molecule has 0 unspecified atom stereocenters. The largest absolute Gasteiger partial charge is 0.469 e. The molecule has 0 aromatic heterocycles. The van der Waals surface area contributed by atoms with E-state index in [1.807, 2.05) is 0 Å². The van der Waals surface area contributed by atoms with Crippen LogP contribution < -0.4 is 5.90 Å². The Morgan fingerprint density at radius 1 is 1.30 bits per heavy atom. The van der Waals surface area contributed by atoms with Crippen molar-refractivity contribution in [1.82, 2.24) is 0 Å². The molecule has 0 aliphatic carbocycles. The Bertz CT molecular complexity index is 118. The molecule has 0 aliphatic heterocycles. The van der Waals surface area contributed by atoms with E-state index in [4.69, 9.17) is 0 Å². The lowest BCUT2D eigenvalue weighted by Gasteiger charge is -1.94. The van der Waals surface area contributed by atoms with Crippen molar-refractivity contribution in [3.8, 4) is 0 Å². The van der Waals surface area contributed by atoms with E-state index in [1.165, 1.54) is 7.11 Å². The molecule has 0 aliphatic rings. The summed E-state index contributed by atoms with van der Waals surface area (Å²) in [4.78, 5) is 24.8. The number of methoxy groups -OCH3 is 1. The molecule has 0 atom stereocenters. The van der Waals surface area contributed by atoms with Gasteiger partial charge in [0, 0.05) is 0 Å². The molecule has 0 rings (SSSR count). The van der Waals surface area contributed by atoms with E-state index in [2.05, 4.69) is 15.5 Å². The average Bonchev–Trinajstić information content (AvgIpc) is 1.99. The monoisotopic (exact) mass is 148 g/mol. The van der Waals surface area contributed by atoms with Gasteiger partial charge in [-0.1, -0.05) is 0 Å². The lowest BCUT2D eigenvalue weighted by Crippen LogP contribution is -2.51. The zero-order valence-corrected chi connectivity index (χ0v) is 5.75. The van der Waals surface area contributed by atoms with Gasteiger partial charge < -0.3 is 4.74 Å². The first-order valence-electron chi connectivity index (χ1n) is 2.72. The van der Waals surface area contributed by atoms with Crippen molar-refractivity contribution in [3.05, 3.63) is 0 Å². The maximum absolute atomic E-state index is 10.4. The highest BCUT2D eigenvalue weighted by atomic mass is 16.7. The van der Waals surface area contributed by atoms with Crippen LogP contribution in [0.3, 0.4) is 0 Å². The third-order valence-electron chi connectivity index (χ3n) is 0.922. The summed E-state index contributed by atoms with van der Waals surface area (Å²) in [6.45, 7) is 0. The quantitative estimate of drug-likeness (QED) is 0.396. The molecular formula is C5H10NO4+. The minimum atomic E-state index is -0.509. The second-order valence-corrected chi connectivity index (χ2v) is 1.59. The maximum Gasteiger partial charge on any atom is 0.366 e. The van der Waals surface area contributed by atoms with Gasteiger partial charge in [0.1, 0.15) is 0 Å².